The molecule has 0 nitrogen and oxygen atoms in total. The van der Waals surface area contributed by atoms with Gasteiger partial charge in [0, 0.05) is 0 Å². The molecule has 0 fully saturated rings. The fourth-order valence-corrected chi connectivity index (χ4v) is 3.38. The van der Waals surface area contributed by atoms with Crippen LogP contribution in [0.4, 0.5) is 0 Å². The van der Waals surface area contributed by atoms with Crippen LogP contribution in [0.1, 0.15) is 56.7 Å². The Balaban J connectivity index is 2.22. The normalized spacial score (nSPS) is 14.9. The van der Waals surface area contributed by atoms with Crippen molar-refractivity contribution in [1.29, 1.82) is 0 Å². The molecule has 1 aliphatic rings. The lowest BCUT2D eigenvalue weighted by Crippen LogP contribution is -1.99. The van der Waals surface area contributed by atoms with E-state index in [-0.39, 0.29) is 0 Å². The highest BCUT2D eigenvalue weighted by molar-refractivity contribution is 5.83. The summed E-state index contributed by atoms with van der Waals surface area (Å²) in [6.45, 7) is 9.23. The predicted molar refractivity (Wildman–Crippen MR) is 97.1 cm³/mol. The Bertz CT molecular complexity index is 689. The van der Waals surface area contributed by atoms with Gasteiger partial charge < -0.3 is 0 Å². The fourth-order valence-electron chi connectivity index (χ4n) is 3.38. The van der Waals surface area contributed by atoms with Crippen LogP contribution in [0.15, 0.2) is 48.0 Å². The number of hydrogen-bond acceptors (Lipinski definition) is 0. The first-order chi connectivity index (χ1) is 10.6. The zero-order valence-electron chi connectivity index (χ0n) is 14.2. The predicted octanol–water partition coefficient (Wildman–Crippen LogP) is 6.46. The standard InChI is InChI=1S/C22H26/c1-5-16(4)20-12-11-18-13-19(15(2)3)14-21(18)22(20)17-9-7-6-8-10-17/h6-12,14-16H,5,13H2,1-4H3. The third-order valence-corrected chi connectivity index (χ3v) is 5.04. The van der Waals surface area contributed by atoms with Crippen LogP contribution < -0.4 is 0 Å². The highest BCUT2D eigenvalue weighted by Gasteiger charge is 2.22. The van der Waals surface area contributed by atoms with Crippen molar-refractivity contribution >= 4 is 6.08 Å². The molecule has 114 valence electrons. The lowest BCUT2D eigenvalue weighted by atomic mass is 9.85. The summed E-state index contributed by atoms with van der Waals surface area (Å²) in [6, 6.07) is 15.6. The molecule has 0 heteroatoms. The minimum absolute atomic E-state index is 0.594. The third-order valence-electron chi connectivity index (χ3n) is 5.04. The van der Waals surface area contributed by atoms with E-state index >= 15 is 0 Å². The molecule has 1 unspecified atom stereocenters. The van der Waals surface area contributed by atoms with Crippen molar-refractivity contribution in [2.24, 2.45) is 5.92 Å². The maximum absolute atomic E-state index is 2.45. The topological polar surface area (TPSA) is 0 Å². The number of hydrogen-bond donors (Lipinski definition) is 0. The molecule has 1 aliphatic carbocycles. The van der Waals surface area contributed by atoms with E-state index < -0.39 is 0 Å². The second-order valence-electron chi connectivity index (χ2n) is 6.83. The lowest BCUT2D eigenvalue weighted by Gasteiger charge is -2.19. The van der Waals surface area contributed by atoms with Crippen LogP contribution in [-0.4, -0.2) is 0 Å². The van der Waals surface area contributed by atoms with Gasteiger partial charge in [-0.15, -0.1) is 0 Å². The molecule has 0 heterocycles. The summed E-state index contributed by atoms with van der Waals surface area (Å²) in [5.74, 6) is 1.22. The molecule has 3 rings (SSSR count). The smallest absolute Gasteiger partial charge is 0.00550 e. The van der Waals surface area contributed by atoms with Crippen LogP contribution in [-0.2, 0) is 6.42 Å². The van der Waals surface area contributed by atoms with Gasteiger partial charge in [-0.05, 0) is 52.5 Å². The zero-order chi connectivity index (χ0) is 15.7. The van der Waals surface area contributed by atoms with Crippen molar-refractivity contribution in [3.05, 3.63) is 64.7 Å². The van der Waals surface area contributed by atoms with Gasteiger partial charge in [0.25, 0.3) is 0 Å². The van der Waals surface area contributed by atoms with Gasteiger partial charge in [0.15, 0.2) is 0 Å². The Labute approximate surface area is 134 Å². The molecule has 0 amide bonds. The first-order valence-corrected chi connectivity index (χ1v) is 8.53. The SMILES string of the molecule is CCC(C)c1ccc2c(c1-c1ccccc1)C=C(C(C)C)C2. The van der Waals surface area contributed by atoms with E-state index in [1.54, 1.807) is 5.57 Å². The van der Waals surface area contributed by atoms with Crippen molar-refractivity contribution in [2.45, 2.75) is 46.5 Å². The van der Waals surface area contributed by atoms with E-state index in [4.69, 9.17) is 0 Å². The molecule has 1 atom stereocenters. The number of benzene rings is 2. The van der Waals surface area contributed by atoms with Crippen LogP contribution in [0.5, 0.6) is 0 Å². The summed E-state index contributed by atoms with van der Waals surface area (Å²) in [5, 5.41) is 0. The molecule has 0 aliphatic heterocycles. The van der Waals surface area contributed by atoms with Crippen molar-refractivity contribution in [1.82, 2.24) is 0 Å². The highest BCUT2D eigenvalue weighted by atomic mass is 14.3. The summed E-state index contributed by atoms with van der Waals surface area (Å²) in [5.41, 5.74) is 8.84. The van der Waals surface area contributed by atoms with Crippen molar-refractivity contribution in [2.75, 3.05) is 0 Å². The molecule has 2 aromatic rings. The molecule has 0 N–H and O–H groups in total. The average molecular weight is 290 g/mol. The van der Waals surface area contributed by atoms with Gasteiger partial charge in [0.05, 0.1) is 0 Å². The van der Waals surface area contributed by atoms with E-state index in [0.717, 1.165) is 6.42 Å². The summed E-state index contributed by atoms with van der Waals surface area (Å²) in [6.07, 6.45) is 4.75. The van der Waals surface area contributed by atoms with Gasteiger partial charge in [0.2, 0.25) is 0 Å². The third kappa shape index (κ3) is 2.63. The van der Waals surface area contributed by atoms with E-state index in [1.807, 2.05) is 0 Å². The van der Waals surface area contributed by atoms with E-state index in [2.05, 4.69) is 76.2 Å². The van der Waals surface area contributed by atoms with Crippen LogP contribution in [0.2, 0.25) is 0 Å². The summed E-state index contributed by atoms with van der Waals surface area (Å²) in [4.78, 5) is 0. The number of allylic oxidation sites excluding steroid dienone is 1. The Kier molecular flexibility index (Phi) is 4.20. The van der Waals surface area contributed by atoms with Crippen LogP contribution in [0.3, 0.4) is 0 Å². The fraction of sp³-hybridized carbons (Fsp3) is 0.364. The van der Waals surface area contributed by atoms with Gasteiger partial charge in [0.1, 0.15) is 0 Å². The van der Waals surface area contributed by atoms with Gasteiger partial charge in [-0.1, -0.05) is 81.8 Å². The van der Waals surface area contributed by atoms with Gasteiger partial charge >= 0.3 is 0 Å². The van der Waals surface area contributed by atoms with Crippen molar-refractivity contribution in [3.63, 3.8) is 0 Å². The minimum Gasteiger partial charge on any atom is -0.0648 e. The summed E-state index contributed by atoms with van der Waals surface area (Å²) < 4.78 is 0. The monoisotopic (exact) mass is 290 g/mol. The second kappa shape index (κ2) is 6.12. The molecular formula is C22H26. The first kappa shape index (κ1) is 15.1. The Hall–Kier alpha value is -1.82. The Morgan fingerprint density at radius 3 is 2.32 bits per heavy atom. The molecule has 0 spiro atoms. The van der Waals surface area contributed by atoms with Crippen molar-refractivity contribution in [3.8, 4) is 11.1 Å². The molecule has 2 aromatic carbocycles. The van der Waals surface area contributed by atoms with E-state index in [1.165, 1.54) is 34.2 Å². The Morgan fingerprint density at radius 1 is 0.955 bits per heavy atom. The number of fused-ring (bicyclic) bond motifs is 1. The lowest BCUT2D eigenvalue weighted by molar-refractivity contribution is 0.734. The van der Waals surface area contributed by atoms with E-state index in [9.17, 15) is 0 Å². The molecule has 0 saturated carbocycles. The van der Waals surface area contributed by atoms with Crippen molar-refractivity contribution < 1.29 is 0 Å². The van der Waals surface area contributed by atoms with Crippen LogP contribution >= 0.6 is 0 Å². The van der Waals surface area contributed by atoms with Crippen LogP contribution in [0, 0.1) is 5.92 Å². The van der Waals surface area contributed by atoms with Gasteiger partial charge in [-0.2, -0.15) is 0 Å². The molecule has 0 radical (unpaired) electrons. The zero-order valence-corrected chi connectivity index (χ0v) is 14.2. The molecule has 0 saturated heterocycles. The van der Waals surface area contributed by atoms with E-state index in [0.29, 0.717) is 11.8 Å². The summed E-state index contributed by atoms with van der Waals surface area (Å²) >= 11 is 0. The quantitative estimate of drug-likeness (QED) is 0.606. The average Bonchev–Trinajstić information content (AvgIpc) is 2.98. The molecule has 22 heavy (non-hydrogen) atoms. The first-order valence-electron chi connectivity index (χ1n) is 8.53. The largest absolute Gasteiger partial charge is 0.0648 e. The maximum Gasteiger partial charge on any atom is -0.00550 e. The molecule has 0 bridgehead atoms. The minimum atomic E-state index is 0.594. The second-order valence-corrected chi connectivity index (χ2v) is 6.83. The highest BCUT2D eigenvalue weighted by Crippen LogP contribution is 2.41. The van der Waals surface area contributed by atoms with Gasteiger partial charge in [-0.3, -0.25) is 0 Å². The molecule has 0 aromatic heterocycles. The number of rotatable bonds is 4. The summed E-state index contributed by atoms with van der Waals surface area (Å²) in [7, 11) is 0. The van der Waals surface area contributed by atoms with Gasteiger partial charge in [-0.25, -0.2) is 0 Å². The molecular weight excluding hydrogens is 264 g/mol. The maximum atomic E-state index is 2.45. The Morgan fingerprint density at radius 2 is 1.68 bits per heavy atom. The van der Waals surface area contributed by atoms with Crippen LogP contribution in [0.25, 0.3) is 17.2 Å².